The molecule has 0 atom stereocenters. The molecule has 0 heterocycles. The number of aryl methyl sites for hydroxylation is 1. The van der Waals surface area contributed by atoms with Crippen LogP contribution in [0.25, 0.3) is 0 Å². The number of ether oxygens (including phenoxy) is 1. The van der Waals surface area contributed by atoms with Crippen LogP contribution in [-0.4, -0.2) is 43.1 Å². The van der Waals surface area contributed by atoms with Gasteiger partial charge in [-0.2, -0.15) is 0 Å². The summed E-state index contributed by atoms with van der Waals surface area (Å²) >= 11 is 3.41. The van der Waals surface area contributed by atoms with Crippen LogP contribution in [0.1, 0.15) is 45.6 Å². The molecule has 0 spiro atoms. The van der Waals surface area contributed by atoms with E-state index >= 15 is 0 Å². The van der Waals surface area contributed by atoms with E-state index in [2.05, 4.69) is 31.9 Å². The molecular formula is C20H30BrN3O4. The fourth-order valence-electron chi connectivity index (χ4n) is 2.26. The Morgan fingerprint density at radius 1 is 0.964 bits per heavy atom. The molecule has 8 heteroatoms. The van der Waals surface area contributed by atoms with E-state index in [0.29, 0.717) is 32.4 Å². The number of alkyl carbamates (subject to hydrolysis) is 1. The van der Waals surface area contributed by atoms with Crippen LogP contribution in [-0.2, 0) is 20.7 Å². The third-order valence-corrected chi connectivity index (χ3v) is 4.04. The molecule has 3 N–H and O–H groups in total. The van der Waals surface area contributed by atoms with E-state index in [4.69, 9.17) is 4.74 Å². The highest BCUT2D eigenvalue weighted by Crippen LogP contribution is 2.12. The minimum atomic E-state index is -0.561. The summed E-state index contributed by atoms with van der Waals surface area (Å²) in [5.41, 5.74) is 0.547. The van der Waals surface area contributed by atoms with E-state index in [0.717, 1.165) is 10.0 Å². The van der Waals surface area contributed by atoms with Crippen LogP contribution >= 0.6 is 15.9 Å². The van der Waals surface area contributed by atoms with Crippen molar-refractivity contribution in [2.45, 2.75) is 52.1 Å². The van der Waals surface area contributed by atoms with Crippen molar-refractivity contribution < 1.29 is 19.1 Å². The molecular weight excluding hydrogens is 426 g/mol. The highest BCUT2D eigenvalue weighted by atomic mass is 79.9. The Hall–Kier alpha value is -2.09. The molecule has 0 bridgehead atoms. The van der Waals surface area contributed by atoms with Gasteiger partial charge in [0.15, 0.2) is 0 Å². The zero-order valence-electron chi connectivity index (χ0n) is 16.8. The number of halogens is 1. The zero-order chi connectivity index (χ0) is 21.0. The first-order chi connectivity index (χ1) is 13.2. The average Bonchev–Trinajstić information content (AvgIpc) is 2.58. The number of amides is 3. The van der Waals surface area contributed by atoms with Gasteiger partial charge in [-0.05, 0) is 51.3 Å². The van der Waals surface area contributed by atoms with Gasteiger partial charge in [-0.25, -0.2) is 4.79 Å². The Morgan fingerprint density at radius 2 is 1.61 bits per heavy atom. The van der Waals surface area contributed by atoms with Gasteiger partial charge in [0.2, 0.25) is 11.8 Å². The quantitative estimate of drug-likeness (QED) is 0.472. The minimum absolute atomic E-state index is 0.00661. The lowest BCUT2D eigenvalue weighted by Crippen LogP contribution is -2.35. The summed E-state index contributed by atoms with van der Waals surface area (Å²) in [4.78, 5) is 35.0. The van der Waals surface area contributed by atoms with Gasteiger partial charge in [0, 0.05) is 36.9 Å². The summed E-state index contributed by atoms with van der Waals surface area (Å²) in [7, 11) is 0. The van der Waals surface area contributed by atoms with Gasteiger partial charge in [-0.3, -0.25) is 9.59 Å². The molecule has 0 saturated heterocycles. The van der Waals surface area contributed by atoms with Crippen molar-refractivity contribution >= 4 is 33.8 Å². The van der Waals surface area contributed by atoms with E-state index in [9.17, 15) is 14.4 Å². The van der Waals surface area contributed by atoms with Crippen LogP contribution in [0.5, 0.6) is 0 Å². The minimum Gasteiger partial charge on any atom is -0.444 e. The SMILES string of the molecule is CC(C)(C)OC(=O)NCCC(=O)NCCCNC(=O)CCc1cccc(Br)c1. The lowest BCUT2D eigenvalue weighted by Gasteiger charge is -2.19. The van der Waals surface area contributed by atoms with Crippen LogP contribution in [0.15, 0.2) is 28.7 Å². The van der Waals surface area contributed by atoms with Gasteiger partial charge in [0.05, 0.1) is 0 Å². The molecule has 1 aromatic carbocycles. The van der Waals surface area contributed by atoms with Crippen molar-refractivity contribution in [3.8, 4) is 0 Å². The monoisotopic (exact) mass is 455 g/mol. The van der Waals surface area contributed by atoms with E-state index in [1.807, 2.05) is 24.3 Å². The van der Waals surface area contributed by atoms with Crippen molar-refractivity contribution in [1.82, 2.24) is 16.0 Å². The summed E-state index contributed by atoms with van der Waals surface area (Å²) in [6.45, 7) is 6.52. The van der Waals surface area contributed by atoms with Crippen molar-refractivity contribution in [3.63, 3.8) is 0 Å². The number of benzene rings is 1. The van der Waals surface area contributed by atoms with E-state index in [1.165, 1.54) is 0 Å². The molecule has 0 aromatic heterocycles. The first-order valence-corrected chi connectivity index (χ1v) is 10.2. The molecule has 28 heavy (non-hydrogen) atoms. The predicted octanol–water partition coefficient (Wildman–Crippen LogP) is 2.92. The summed E-state index contributed by atoms with van der Waals surface area (Å²) in [5, 5.41) is 8.14. The molecule has 156 valence electrons. The molecule has 0 saturated carbocycles. The fraction of sp³-hybridized carbons (Fsp3) is 0.550. The molecule has 0 fully saturated rings. The van der Waals surface area contributed by atoms with Crippen molar-refractivity contribution in [2.24, 2.45) is 0 Å². The number of nitrogens with one attached hydrogen (secondary N) is 3. The van der Waals surface area contributed by atoms with Crippen molar-refractivity contribution in [2.75, 3.05) is 19.6 Å². The number of hydrogen-bond donors (Lipinski definition) is 3. The topological polar surface area (TPSA) is 96.5 Å². The van der Waals surface area contributed by atoms with Gasteiger partial charge in [-0.15, -0.1) is 0 Å². The van der Waals surface area contributed by atoms with Crippen LogP contribution in [0.3, 0.4) is 0 Å². The largest absolute Gasteiger partial charge is 0.444 e. The van der Waals surface area contributed by atoms with Crippen LogP contribution in [0.4, 0.5) is 4.79 Å². The Bertz CT molecular complexity index is 659. The number of carbonyl (C=O) groups excluding carboxylic acids is 3. The molecule has 7 nitrogen and oxygen atoms in total. The zero-order valence-corrected chi connectivity index (χ0v) is 18.4. The molecule has 1 rings (SSSR count). The standard InChI is InChI=1S/C20H30BrN3O4/c1-20(2,3)28-19(27)24-13-10-18(26)23-12-5-11-22-17(25)9-8-15-6-4-7-16(21)14-15/h4,6-7,14H,5,8-13H2,1-3H3,(H,22,25)(H,23,26)(H,24,27). The first-order valence-electron chi connectivity index (χ1n) is 9.40. The van der Waals surface area contributed by atoms with Gasteiger partial charge >= 0.3 is 6.09 Å². The van der Waals surface area contributed by atoms with Crippen LogP contribution in [0, 0.1) is 0 Å². The van der Waals surface area contributed by atoms with Crippen LogP contribution in [0.2, 0.25) is 0 Å². The average molecular weight is 456 g/mol. The van der Waals surface area contributed by atoms with Gasteiger partial charge in [0.25, 0.3) is 0 Å². The van der Waals surface area contributed by atoms with E-state index in [1.54, 1.807) is 20.8 Å². The highest BCUT2D eigenvalue weighted by Gasteiger charge is 2.15. The Morgan fingerprint density at radius 3 is 2.21 bits per heavy atom. The normalized spacial score (nSPS) is 10.9. The third kappa shape index (κ3) is 12.3. The first kappa shape index (κ1) is 23.9. The highest BCUT2D eigenvalue weighted by molar-refractivity contribution is 9.10. The number of rotatable bonds is 10. The van der Waals surface area contributed by atoms with E-state index < -0.39 is 11.7 Å². The second kappa shape index (κ2) is 12.4. The molecule has 0 aliphatic rings. The smallest absolute Gasteiger partial charge is 0.407 e. The summed E-state index contributed by atoms with van der Waals surface area (Å²) < 4.78 is 6.09. The Balaban J connectivity index is 2.03. The summed E-state index contributed by atoms with van der Waals surface area (Å²) in [5.74, 6) is -0.162. The Labute approximate surface area is 175 Å². The molecule has 0 radical (unpaired) electrons. The van der Waals surface area contributed by atoms with Gasteiger partial charge < -0.3 is 20.7 Å². The lowest BCUT2D eigenvalue weighted by molar-refractivity contribution is -0.121. The number of hydrogen-bond acceptors (Lipinski definition) is 4. The summed E-state index contributed by atoms with van der Waals surface area (Å²) in [6, 6.07) is 7.89. The third-order valence-electron chi connectivity index (χ3n) is 3.55. The van der Waals surface area contributed by atoms with Crippen molar-refractivity contribution in [3.05, 3.63) is 34.3 Å². The van der Waals surface area contributed by atoms with Gasteiger partial charge in [0.1, 0.15) is 5.60 Å². The van der Waals surface area contributed by atoms with Crippen molar-refractivity contribution in [1.29, 1.82) is 0 Å². The lowest BCUT2D eigenvalue weighted by atomic mass is 10.1. The van der Waals surface area contributed by atoms with Crippen LogP contribution < -0.4 is 16.0 Å². The second-order valence-corrected chi connectivity index (χ2v) is 8.28. The molecule has 3 amide bonds. The summed E-state index contributed by atoms with van der Waals surface area (Å²) in [6.07, 6.45) is 1.41. The maximum absolute atomic E-state index is 11.8. The van der Waals surface area contributed by atoms with E-state index in [-0.39, 0.29) is 24.8 Å². The number of carbonyl (C=O) groups is 3. The Kier molecular flexibility index (Phi) is 10.6. The fourth-order valence-corrected chi connectivity index (χ4v) is 2.71. The second-order valence-electron chi connectivity index (χ2n) is 7.36. The molecule has 0 aliphatic heterocycles. The maximum atomic E-state index is 11.8. The maximum Gasteiger partial charge on any atom is 0.407 e. The molecule has 0 aliphatic carbocycles. The molecule has 0 unspecified atom stereocenters. The molecule has 1 aromatic rings. The predicted molar refractivity (Wildman–Crippen MR) is 112 cm³/mol. The van der Waals surface area contributed by atoms with Gasteiger partial charge in [-0.1, -0.05) is 28.1 Å².